The molecule has 4 rings (SSSR count). The molecule has 3 aromatic carbocycles. The predicted molar refractivity (Wildman–Crippen MR) is 127 cm³/mol. The lowest BCUT2D eigenvalue weighted by Gasteiger charge is -2.34. The van der Waals surface area contributed by atoms with Crippen LogP contribution in [0.1, 0.15) is 43.5 Å². The zero-order valence-corrected chi connectivity index (χ0v) is 19.0. The van der Waals surface area contributed by atoms with Crippen LogP contribution >= 0.6 is 0 Å². The molecule has 0 saturated carbocycles. The van der Waals surface area contributed by atoms with Crippen molar-refractivity contribution in [3.8, 4) is 0 Å². The van der Waals surface area contributed by atoms with E-state index in [0.717, 1.165) is 19.3 Å². The lowest BCUT2D eigenvalue weighted by atomic mass is 9.81. The smallest absolute Gasteiger partial charge is 0.338 e. The van der Waals surface area contributed by atoms with Gasteiger partial charge in [0.15, 0.2) is 14.7 Å². The molecule has 31 heavy (non-hydrogen) atoms. The highest BCUT2D eigenvalue weighted by Crippen LogP contribution is 2.34. The summed E-state index contributed by atoms with van der Waals surface area (Å²) in [6.07, 6.45) is 7.50. The van der Waals surface area contributed by atoms with E-state index in [1.54, 1.807) is 0 Å². The van der Waals surface area contributed by atoms with Gasteiger partial charge in [-0.3, -0.25) is 0 Å². The molecule has 0 bridgehead atoms. The summed E-state index contributed by atoms with van der Waals surface area (Å²) < 4.78 is 5.96. The molecule has 3 heteroatoms. The van der Waals surface area contributed by atoms with Gasteiger partial charge in [0.2, 0.25) is 0 Å². The van der Waals surface area contributed by atoms with E-state index in [2.05, 4.69) is 72.8 Å². The number of carbonyl (C=O) groups excluding carboxylic acids is 1. The molecule has 1 unspecified atom stereocenters. The normalized spacial score (nSPS) is 16.3. The molecule has 0 fully saturated rings. The van der Waals surface area contributed by atoms with Gasteiger partial charge in [-0.15, -0.1) is 0 Å². The van der Waals surface area contributed by atoms with E-state index in [0.29, 0.717) is 11.5 Å². The Balaban J connectivity index is 1.56. The molecule has 0 heterocycles. The second-order valence-electron chi connectivity index (χ2n) is 8.43. The Bertz CT molecular complexity index is 984. The molecular formula is C28H29O2S+. The molecule has 2 nitrogen and oxygen atoms in total. The third kappa shape index (κ3) is 5.11. The quantitative estimate of drug-likeness (QED) is 0.238. The average molecular weight is 430 g/mol. The maximum absolute atomic E-state index is 12.9. The van der Waals surface area contributed by atoms with E-state index >= 15 is 0 Å². The molecule has 0 saturated heterocycles. The molecule has 0 radical (unpaired) electrons. The van der Waals surface area contributed by atoms with Gasteiger partial charge < -0.3 is 4.74 Å². The maximum atomic E-state index is 12.9. The molecule has 158 valence electrons. The van der Waals surface area contributed by atoms with E-state index in [-0.39, 0.29) is 16.9 Å². The predicted octanol–water partition coefficient (Wildman–Crippen LogP) is 7.07. The van der Waals surface area contributed by atoms with Crippen molar-refractivity contribution in [2.45, 2.75) is 53.4 Å². The first kappa shape index (κ1) is 21.5. The zero-order chi connectivity index (χ0) is 21.7. The Kier molecular flexibility index (Phi) is 6.62. The first-order chi connectivity index (χ1) is 15.0. The summed E-state index contributed by atoms with van der Waals surface area (Å²) in [7, 11) is -0.219. The highest BCUT2D eigenvalue weighted by Gasteiger charge is 2.34. The number of ether oxygens (including phenoxy) is 1. The topological polar surface area (TPSA) is 26.3 Å². The number of hydrogen-bond acceptors (Lipinski definition) is 2. The van der Waals surface area contributed by atoms with E-state index < -0.39 is 5.60 Å². The van der Waals surface area contributed by atoms with Crippen molar-refractivity contribution in [3.63, 3.8) is 0 Å². The number of benzene rings is 3. The van der Waals surface area contributed by atoms with E-state index in [4.69, 9.17) is 4.74 Å². The third-order valence-corrected chi connectivity index (χ3v) is 8.12. The Morgan fingerprint density at radius 3 is 1.87 bits per heavy atom. The minimum absolute atomic E-state index is 0.219. The SMILES string of the molecule is CC(C)(OC(=O)c1ccc([S+](c2ccccc2)c2ccccc2)cc1)C1CC=CCC1. The van der Waals surface area contributed by atoms with E-state index in [1.165, 1.54) is 14.7 Å². The van der Waals surface area contributed by atoms with Crippen LogP contribution in [-0.2, 0) is 15.6 Å². The van der Waals surface area contributed by atoms with Crippen molar-refractivity contribution in [2.24, 2.45) is 5.92 Å². The Morgan fingerprint density at radius 2 is 1.35 bits per heavy atom. The van der Waals surface area contributed by atoms with E-state index in [1.807, 2.05) is 38.1 Å². The van der Waals surface area contributed by atoms with Gasteiger partial charge in [-0.25, -0.2) is 4.79 Å². The minimum atomic E-state index is -0.473. The van der Waals surface area contributed by atoms with Crippen molar-refractivity contribution in [3.05, 3.63) is 103 Å². The lowest BCUT2D eigenvalue weighted by Crippen LogP contribution is -2.37. The van der Waals surface area contributed by atoms with Crippen LogP contribution in [0, 0.1) is 5.92 Å². The van der Waals surface area contributed by atoms with Gasteiger partial charge in [0, 0.05) is 5.92 Å². The van der Waals surface area contributed by atoms with Gasteiger partial charge in [-0.05, 0) is 81.6 Å². The van der Waals surface area contributed by atoms with Gasteiger partial charge in [-0.2, -0.15) is 0 Å². The lowest BCUT2D eigenvalue weighted by molar-refractivity contribution is -0.0320. The summed E-state index contributed by atoms with van der Waals surface area (Å²) in [5.74, 6) is 0.119. The molecule has 3 aromatic rings. The number of rotatable bonds is 6. The summed E-state index contributed by atoms with van der Waals surface area (Å²) in [5, 5.41) is 0. The fraction of sp³-hybridized carbons (Fsp3) is 0.250. The second kappa shape index (κ2) is 9.57. The van der Waals surface area contributed by atoms with Crippen molar-refractivity contribution in [1.29, 1.82) is 0 Å². The second-order valence-corrected chi connectivity index (χ2v) is 10.5. The molecule has 0 aromatic heterocycles. The Morgan fingerprint density at radius 1 is 0.806 bits per heavy atom. The van der Waals surface area contributed by atoms with Gasteiger partial charge >= 0.3 is 5.97 Å². The molecule has 1 aliphatic carbocycles. The number of esters is 1. The van der Waals surface area contributed by atoms with Crippen molar-refractivity contribution in [2.75, 3.05) is 0 Å². The summed E-state index contributed by atoms with van der Waals surface area (Å²) in [5.41, 5.74) is 0.131. The summed E-state index contributed by atoms with van der Waals surface area (Å²) in [6.45, 7) is 4.07. The van der Waals surface area contributed by atoms with Crippen LogP contribution in [0.3, 0.4) is 0 Å². The standard InChI is InChI=1S/C28H29O2S/c1-28(2,23-12-6-3-7-13-23)30-27(29)22-18-20-26(21-19-22)31(24-14-8-4-9-15-24)25-16-10-5-11-17-25/h3-6,8-11,14-21,23H,7,12-13H2,1-2H3/q+1. The number of allylic oxidation sites excluding steroid dienone is 2. The summed E-state index contributed by atoms with van der Waals surface area (Å²) in [4.78, 5) is 16.6. The van der Waals surface area contributed by atoms with Gasteiger partial charge in [0.1, 0.15) is 5.60 Å². The van der Waals surface area contributed by atoms with Crippen LogP contribution in [0.5, 0.6) is 0 Å². The van der Waals surface area contributed by atoms with Gasteiger partial charge in [0.25, 0.3) is 0 Å². The molecule has 1 aliphatic rings. The highest BCUT2D eigenvalue weighted by atomic mass is 32.2. The Hall–Kier alpha value is -2.78. The van der Waals surface area contributed by atoms with Crippen LogP contribution in [-0.4, -0.2) is 11.6 Å². The molecule has 0 aliphatic heterocycles. The summed E-state index contributed by atoms with van der Waals surface area (Å²) in [6, 6.07) is 29.0. The molecule has 0 N–H and O–H groups in total. The fourth-order valence-electron chi connectivity index (χ4n) is 4.05. The largest absolute Gasteiger partial charge is 0.456 e. The van der Waals surface area contributed by atoms with Crippen molar-refractivity contribution < 1.29 is 9.53 Å². The monoisotopic (exact) mass is 429 g/mol. The van der Waals surface area contributed by atoms with Crippen molar-refractivity contribution >= 4 is 16.9 Å². The first-order valence-electron chi connectivity index (χ1n) is 10.9. The molecule has 1 atom stereocenters. The fourth-order valence-corrected chi connectivity index (χ4v) is 6.14. The maximum Gasteiger partial charge on any atom is 0.338 e. The van der Waals surface area contributed by atoms with E-state index in [9.17, 15) is 4.79 Å². The van der Waals surface area contributed by atoms with Gasteiger partial charge in [0.05, 0.1) is 16.5 Å². The van der Waals surface area contributed by atoms with Crippen LogP contribution in [0.25, 0.3) is 0 Å². The van der Waals surface area contributed by atoms with Crippen LogP contribution < -0.4 is 0 Å². The number of carbonyl (C=O) groups is 1. The van der Waals surface area contributed by atoms with Crippen LogP contribution in [0.4, 0.5) is 0 Å². The van der Waals surface area contributed by atoms with Crippen LogP contribution in [0.15, 0.2) is 112 Å². The number of hydrogen-bond donors (Lipinski definition) is 0. The van der Waals surface area contributed by atoms with Gasteiger partial charge in [-0.1, -0.05) is 48.6 Å². The van der Waals surface area contributed by atoms with Crippen LogP contribution in [0.2, 0.25) is 0 Å². The molecular weight excluding hydrogens is 400 g/mol. The third-order valence-electron chi connectivity index (χ3n) is 5.89. The highest BCUT2D eigenvalue weighted by molar-refractivity contribution is 7.97. The first-order valence-corrected chi connectivity index (χ1v) is 12.1. The molecule has 0 amide bonds. The average Bonchev–Trinajstić information content (AvgIpc) is 2.81. The molecule has 0 spiro atoms. The minimum Gasteiger partial charge on any atom is -0.456 e. The summed E-state index contributed by atoms with van der Waals surface area (Å²) >= 11 is 0. The Labute approximate surface area is 188 Å². The van der Waals surface area contributed by atoms with Crippen molar-refractivity contribution in [1.82, 2.24) is 0 Å². The zero-order valence-electron chi connectivity index (χ0n) is 18.2.